The van der Waals surface area contributed by atoms with Crippen molar-refractivity contribution in [1.82, 2.24) is 15.7 Å². The minimum Gasteiger partial charge on any atom is -0.444 e. The molecule has 0 aromatic carbocycles. The quantitative estimate of drug-likeness (QED) is 0.298. The number of rotatable bonds is 8. The van der Waals surface area contributed by atoms with E-state index in [2.05, 4.69) is 5.32 Å². The highest BCUT2D eigenvalue weighted by atomic mass is 32.2. The van der Waals surface area contributed by atoms with Crippen molar-refractivity contribution in [3.05, 3.63) is 0 Å². The van der Waals surface area contributed by atoms with Crippen molar-refractivity contribution in [2.75, 3.05) is 24.6 Å². The van der Waals surface area contributed by atoms with Crippen molar-refractivity contribution in [1.29, 1.82) is 0 Å². The molecule has 8 nitrogen and oxygen atoms in total. The Labute approximate surface area is 181 Å². The van der Waals surface area contributed by atoms with Crippen LogP contribution < -0.4 is 10.8 Å². The van der Waals surface area contributed by atoms with E-state index in [0.29, 0.717) is 32.4 Å². The smallest absolute Gasteiger partial charge is 0.411 e. The molecule has 0 aromatic rings. The van der Waals surface area contributed by atoms with Gasteiger partial charge in [0, 0.05) is 37.4 Å². The van der Waals surface area contributed by atoms with Crippen molar-refractivity contribution >= 4 is 41.4 Å². The monoisotopic (exact) mass is 447 g/mol. The van der Waals surface area contributed by atoms with E-state index in [9.17, 15) is 14.4 Å². The van der Waals surface area contributed by atoms with Crippen LogP contribution in [-0.2, 0) is 14.3 Å². The topological polar surface area (TPSA) is 108 Å². The molecule has 29 heavy (non-hydrogen) atoms. The average molecular weight is 448 g/mol. The van der Waals surface area contributed by atoms with E-state index in [1.54, 1.807) is 10.4 Å². The van der Waals surface area contributed by atoms with Gasteiger partial charge in [-0.1, -0.05) is 12.8 Å². The lowest BCUT2D eigenvalue weighted by atomic mass is 10.1. The van der Waals surface area contributed by atoms with Gasteiger partial charge in [0.25, 0.3) is 0 Å². The molecule has 166 valence electrons. The predicted molar refractivity (Wildman–Crippen MR) is 115 cm³/mol. The molecule has 3 amide bonds. The standard InChI is InChI=1S/C19H33N3O5S2/c1-18(2,3)27-17(25)22-13-19(28-10-11-29-19)12-14(22)16(24)20-9-7-5-4-6-8-15(23)21-26/h14,26H,4-13H2,1-3H3,(H,20,24)(H,21,23)/t14-/m0/s1. The molecule has 0 aliphatic carbocycles. The zero-order chi connectivity index (χ0) is 21.5. The predicted octanol–water partition coefficient (Wildman–Crippen LogP) is 2.74. The van der Waals surface area contributed by atoms with Crippen LogP contribution in [0.1, 0.15) is 59.3 Å². The minimum atomic E-state index is -0.600. The van der Waals surface area contributed by atoms with Crippen LogP contribution >= 0.6 is 23.5 Å². The van der Waals surface area contributed by atoms with Crippen LogP contribution in [-0.4, -0.2) is 68.3 Å². The first-order chi connectivity index (χ1) is 13.7. The van der Waals surface area contributed by atoms with Crippen LogP contribution in [0.3, 0.4) is 0 Å². The fourth-order valence-corrected chi connectivity index (χ4v) is 6.70. The van der Waals surface area contributed by atoms with Crippen LogP contribution in [0.5, 0.6) is 0 Å². The maximum absolute atomic E-state index is 12.8. The maximum atomic E-state index is 12.8. The Kier molecular flexibility index (Phi) is 8.96. The summed E-state index contributed by atoms with van der Waals surface area (Å²) >= 11 is 3.67. The first-order valence-corrected chi connectivity index (χ1v) is 12.1. The van der Waals surface area contributed by atoms with E-state index in [-0.39, 0.29) is 15.9 Å². The summed E-state index contributed by atoms with van der Waals surface area (Å²) in [5, 5.41) is 11.4. The van der Waals surface area contributed by atoms with Gasteiger partial charge in [-0.05, 0) is 33.6 Å². The van der Waals surface area contributed by atoms with E-state index in [1.165, 1.54) is 0 Å². The lowest BCUT2D eigenvalue weighted by molar-refractivity contribution is -0.129. The van der Waals surface area contributed by atoms with Crippen LogP contribution in [0, 0.1) is 0 Å². The molecule has 2 heterocycles. The highest BCUT2D eigenvalue weighted by molar-refractivity contribution is 8.21. The fraction of sp³-hybridized carbons (Fsp3) is 0.842. The molecule has 2 rings (SSSR count). The number of carbonyl (C=O) groups excluding carboxylic acids is 3. The first kappa shape index (κ1) is 24.1. The zero-order valence-electron chi connectivity index (χ0n) is 17.5. The summed E-state index contributed by atoms with van der Waals surface area (Å²) in [5.74, 6) is 1.57. The number of nitrogens with zero attached hydrogens (tertiary/aromatic N) is 1. The SMILES string of the molecule is CC(C)(C)OC(=O)N1CC2(C[C@H]1C(=O)NCCCCCCC(=O)NO)SCCS2. The van der Waals surface area contributed by atoms with Gasteiger partial charge in [-0.25, -0.2) is 10.3 Å². The second kappa shape index (κ2) is 10.8. The molecule has 2 saturated heterocycles. The Morgan fingerprint density at radius 1 is 1.14 bits per heavy atom. The maximum Gasteiger partial charge on any atom is 0.411 e. The van der Waals surface area contributed by atoms with E-state index in [4.69, 9.17) is 9.94 Å². The average Bonchev–Trinajstić information content (AvgIpc) is 3.26. The van der Waals surface area contributed by atoms with Gasteiger partial charge in [-0.15, -0.1) is 23.5 Å². The molecular weight excluding hydrogens is 414 g/mol. The normalized spacial score (nSPS) is 20.7. The summed E-state index contributed by atoms with van der Waals surface area (Å²) in [7, 11) is 0. The lowest BCUT2D eigenvalue weighted by Gasteiger charge is -2.28. The summed E-state index contributed by atoms with van der Waals surface area (Å²) in [4.78, 5) is 38.1. The second-order valence-corrected chi connectivity index (χ2v) is 11.6. The molecule has 0 saturated carbocycles. The van der Waals surface area contributed by atoms with Gasteiger partial charge in [0.1, 0.15) is 11.6 Å². The Morgan fingerprint density at radius 2 is 1.79 bits per heavy atom. The molecule has 3 N–H and O–H groups in total. The molecular formula is C19H33N3O5S2. The van der Waals surface area contributed by atoms with Crippen LogP contribution in [0.25, 0.3) is 0 Å². The van der Waals surface area contributed by atoms with Crippen LogP contribution in [0.4, 0.5) is 4.79 Å². The highest BCUT2D eigenvalue weighted by Gasteiger charge is 2.52. The number of hydrogen-bond acceptors (Lipinski definition) is 7. The molecule has 0 aromatic heterocycles. The molecule has 0 unspecified atom stereocenters. The van der Waals surface area contributed by atoms with E-state index in [1.807, 2.05) is 44.3 Å². The third-order valence-electron chi connectivity index (χ3n) is 4.79. The van der Waals surface area contributed by atoms with Crippen LogP contribution in [0.15, 0.2) is 0 Å². The van der Waals surface area contributed by atoms with Gasteiger partial charge in [0.05, 0.1) is 4.08 Å². The van der Waals surface area contributed by atoms with Crippen molar-refractivity contribution in [3.8, 4) is 0 Å². The van der Waals surface area contributed by atoms with Crippen molar-refractivity contribution in [2.24, 2.45) is 0 Å². The Hall–Kier alpha value is -1.13. The van der Waals surface area contributed by atoms with E-state index < -0.39 is 17.7 Å². The fourth-order valence-electron chi connectivity index (χ4n) is 3.44. The number of ether oxygens (including phenoxy) is 1. The summed E-state index contributed by atoms with van der Waals surface area (Å²) in [6.45, 7) is 6.55. The zero-order valence-corrected chi connectivity index (χ0v) is 19.1. The third-order valence-corrected chi connectivity index (χ3v) is 8.22. The minimum absolute atomic E-state index is 0.105. The number of likely N-dealkylation sites (tertiary alicyclic amines) is 1. The first-order valence-electron chi connectivity index (χ1n) is 10.1. The molecule has 1 atom stereocenters. The van der Waals surface area contributed by atoms with Gasteiger partial charge >= 0.3 is 6.09 Å². The van der Waals surface area contributed by atoms with Gasteiger partial charge in [0.2, 0.25) is 11.8 Å². The summed E-state index contributed by atoms with van der Waals surface area (Å²) in [6, 6.07) is -0.504. The second-order valence-electron chi connectivity index (χ2n) is 8.43. The molecule has 0 radical (unpaired) electrons. The van der Waals surface area contributed by atoms with Gasteiger partial charge in [0.15, 0.2) is 0 Å². The number of hydroxylamine groups is 1. The number of unbranched alkanes of at least 4 members (excludes halogenated alkanes) is 3. The largest absolute Gasteiger partial charge is 0.444 e. The van der Waals surface area contributed by atoms with Crippen molar-refractivity contribution in [3.63, 3.8) is 0 Å². The van der Waals surface area contributed by atoms with E-state index in [0.717, 1.165) is 30.8 Å². The summed E-state index contributed by atoms with van der Waals surface area (Å²) < 4.78 is 5.44. The number of hydrogen-bond donors (Lipinski definition) is 3. The third kappa shape index (κ3) is 7.57. The Morgan fingerprint density at radius 3 is 2.41 bits per heavy atom. The number of carbonyl (C=O) groups is 3. The summed E-state index contributed by atoms with van der Waals surface area (Å²) in [6.07, 6.45) is 3.76. The molecule has 2 aliphatic rings. The van der Waals surface area contributed by atoms with E-state index >= 15 is 0 Å². The molecule has 2 fully saturated rings. The number of nitrogens with one attached hydrogen (secondary N) is 2. The van der Waals surface area contributed by atoms with Crippen molar-refractivity contribution in [2.45, 2.75) is 75.0 Å². The van der Waals surface area contributed by atoms with Crippen molar-refractivity contribution < 1.29 is 24.3 Å². The molecule has 1 spiro atoms. The highest BCUT2D eigenvalue weighted by Crippen LogP contribution is 2.52. The van der Waals surface area contributed by atoms with Gasteiger partial charge < -0.3 is 10.1 Å². The Balaban J connectivity index is 1.82. The molecule has 2 aliphatic heterocycles. The number of amides is 3. The van der Waals surface area contributed by atoms with Crippen LogP contribution in [0.2, 0.25) is 0 Å². The van der Waals surface area contributed by atoms with Gasteiger partial charge in [-0.2, -0.15) is 0 Å². The molecule has 0 bridgehead atoms. The summed E-state index contributed by atoms with van der Waals surface area (Å²) in [5.41, 5.74) is 1.02. The Bertz CT molecular complexity index is 591. The molecule has 10 heteroatoms. The lowest BCUT2D eigenvalue weighted by Crippen LogP contribution is -2.47. The number of thioether (sulfide) groups is 2. The van der Waals surface area contributed by atoms with Gasteiger partial charge in [-0.3, -0.25) is 19.7 Å².